The standard InChI is InChI=1S/C21H22ClN3O4/c1-28-18(26)12-24-21(27)19-17(29-13-14-5-3-2-4-6-14)11-16(20(22)25-19)15-7-9-23-10-8-15/h2-7,11,23H,8-10,12-13H2,1H3,(H,24,27). The zero-order valence-electron chi connectivity index (χ0n) is 16.0. The maximum atomic E-state index is 12.6. The lowest BCUT2D eigenvalue weighted by atomic mass is 10.0. The Morgan fingerprint density at radius 1 is 1.28 bits per heavy atom. The number of carbonyl (C=O) groups excluding carboxylic acids is 2. The van der Waals surface area contributed by atoms with Crippen LogP contribution < -0.4 is 15.4 Å². The number of pyridine rings is 1. The lowest BCUT2D eigenvalue weighted by Gasteiger charge is -2.18. The summed E-state index contributed by atoms with van der Waals surface area (Å²) in [5.74, 6) is -0.825. The summed E-state index contributed by atoms with van der Waals surface area (Å²) in [7, 11) is 1.25. The lowest BCUT2D eigenvalue weighted by molar-refractivity contribution is -0.139. The molecule has 3 rings (SSSR count). The van der Waals surface area contributed by atoms with Gasteiger partial charge in [0, 0.05) is 12.1 Å². The van der Waals surface area contributed by atoms with Crippen molar-refractivity contribution in [1.82, 2.24) is 15.6 Å². The molecular weight excluding hydrogens is 394 g/mol. The fourth-order valence-electron chi connectivity index (χ4n) is 2.88. The molecule has 2 heterocycles. The first-order chi connectivity index (χ1) is 14.1. The van der Waals surface area contributed by atoms with E-state index in [9.17, 15) is 9.59 Å². The molecule has 7 nitrogen and oxygen atoms in total. The van der Waals surface area contributed by atoms with Gasteiger partial charge < -0.3 is 20.1 Å². The van der Waals surface area contributed by atoms with Crippen LogP contribution in [0.4, 0.5) is 0 Å². The minimum absolute atomic E-state index is 0.0214. The Morgan fingerprint density at radius 2 is 2.07 bits per heavy atom. The predicted octanol–water partition coefficient (Wildman–Crippen LogP) is 2.59. The van der Waals surface area contributed by atoms with E-state index >= 15 is 0 Å². The highest BCUT2D eigenvalue weighted by Crippen LogP contribution is 2.31. The molecule has 0 aliphatic carbocycles. The van der Waals surface area contributed by atoms with Crippen molar-refractivity contribution in [2.75, 3.05) is 26.7 Å². The number of hydrogen-bond acceptors (Lipinski definition) is 6. The molecule has 0 saturated heterocycles. The third kappa shape index (κ3) is 5.56. The Bertz CT molecular complexity index is 916. The van der Waals surface area contributed by atoms with Gasteiger partial charge in [0.05, 0.1) is 7.11 Å². The van der Waals surface area contributed by atoms with Gasteiger partial charge in [0.15, 0.2) is 11.4 Å². The second-order valence-corrected chi connectivity index (χ2v) is 6.75. The Balaban J connectivity index is 1.90. The maximum Gasteiger partial charge on any atom is 0.325 e. The molecule has 1 aromatic heterocycles. The second-order valence-electron chi connectivity index (χ2n) is 6.39. The SMILES string of the molecule is COC(=O)CNC(=O)c1nc(Cl)c(C2=CCNCC2)cc1OCc1ccccc1. The van der Waals surface area contributed by atoms with Crippen LogP contribution in [-0.2, 0) is 16.1 Å². The minimum atomic E-state index is -0.564. The van der Waals surface area contributed by atoms with E-state index in [1.54, 1.807) is 6.07 Å². The van der Waals surface area contributed by atoms with Gasteiger partial charge in [-0.3, -0.25) is 9.59 Å². The Kier molecular flexibility index (Phi) is 7.21. The Morgan fingerprint density at radius 3 is 2.76 bits per heavy atom. The average Bonchev–Trinajstić information content (AvgIpc) is 2.77. The number of ether oxygens (including phenoxy) is 2. The van der Waals surface area contributed by atoms with Crippen molar-refractivity contribution in [3.05, 3.63) is 64.4 Å². The molecule has 0 radical (unpaired) electrons. The molecule has 29 heavy (non-hydrogen) atoms. The predicted molar refractivity (Wildman–Crippen MR) is 110 cm³/mol. The van der Waals surface area contributed by atoms with Crippen LogP contribution in [0.5, 0.6) is 5.75 Å². The summed E-state index contributed by atoms with van der Waals surface area (Å²) in [5, 5.41) is 5.94. The largest absolute Gasteiger partial charge is 0.486 e. The molecule has 0 atom stereocenters. The van der Waals surface area contributed by atoms with E-state index in [1.165, 1.54) is 7.11 Å². The van der Waals surface area contributed by atoms with Gasteiger partial charge in [-0.1, -0.05) is 48.0 Å². The highest BCUT2D eigenvalue weighted by molar-refractivity contribution is 6.31. The van der Waals surface area contributed by atoms with E-state index in [0.29, 0.717) is 5.75 Å². The monoisotopic (exact) mass is 415 g/mol. The van der Waals surface area contributed by atoms with E-state index in [2.05, 4.69) is 20.4 Å². The van der Waals surface area contributed by atoms with Crippen molar-refractivity contribution in [1.29, 1.82) is 0 Å². The summed E-state index contributed by atoms with van der Waals surface area (Å²) in [6.45, 7) is 1.57. The van der Waals surface area contributed by atoms with Crippen molar-refractivity contribution < 1.29 is 19.1 Å². The third-order valence-corrected chi connectivity index (χ3v) is 4.71. The Labute approximate surface area is 174 Å². The number of halogens is 1. The molecule has 2 aromatic rings. The number of methoxy groups -OCH3 is 1. The highest BCUT2D eigenvalue weighted by atomic mass is 35.5. The molecule has 0 fully saturated rings. The van der Waals surface area contributed by atoms with Crippen LogP contribution in [0.3, 0.4) is 0 Å². The molecule has 0 bridgehead atoms. The van der Waals surface area contributed by atoms with Crippen LogP contribution in [-0.4, -0.2) is 43.6 Å². The van der Waals surface area contributed by atoms with Gasteiger partial charge in [0.1, 0.15) is 18.3 Å². The minimum Gasteiger partial charge on any atom is -0.486 e. The van der Waals surface area contributed by atoms with Gasteiger partial charge >= 0.3 is 5.97 Å². The molecule has 1 aliphatic heterocycles. The number of amides is 1. The van der Waals surface area contributed by atoms with Crippen molar-refractivity contribution in [3.8, 4) is 5.75 Å². The summed E-state index contributed by atoms with van der Waals surface area (Å²) in [4.78, 5) is 28.2. The maximum absolute atomic E-state index is 12.6. The average molecular weight is 416 g/mol. The normalized spacial score (nSPS) is 13.4. The number of nitrogens with zero attached hydrogens (tertiary/aromatic N) is 1. The number of esters is 1. The topological polar surface area (TPSA) is 89.5 Å². The first kappa shape index (κ1) is 20.8. The van der Waals surface area contributed by atoms with Gasteiger partial charge in [-0.25, -0.2) is 4.98 Å². The first-order valence-electron chi connectivity index (χ1n) is 9.21. The van der Waals surface area contributed by atoms with E-state index in [1.807, 2.05) is 36.4 Å². The highest BCUT2D eigenvalue weighted by Gasteiger charge is 2.21. The van der Waals surface area contributed by atoms with Gasteiger partial charge in [-0.15, -0.1) is 0 Å². The number of nitrogens with one attached hydrogen (secondary N) is 2. The van der Waals surface area contributed by atoms with Crippen molar-refractivity contribution >= 4 is 29.1 Å². The van der Waals surface area contributed by atoms with Crippen molar-refractivity contribution in [2.24, 2.45) is 0 Å². The summed E-state index contributed by atoms with van der Waals surface area (Å²) < 4.78 is 10.5. The van der Waals surface area contributed by atoms with E-state index in [-0.39, 0.29) is 24.0 Å². The molecular formula is C21H22ClN3O4. The van der Waals surface area contributed by atoms with Crippen LogP contribution in [0, 0.1) is 0 Å². The fraction of sp³-hybridized carbons (Fsp3) is 0.286. The first-order valence-corrected chi connectivity index (χ1v) is 9.58. The second kappa shape index (κ2) is 10.0. The Hall–Kier alpha value is -2.90. The van der Waals surface area contributed by atoms with Crippen LogP contribution >= 0.6 is 11.6 Å². The molecule has 1 aliphatic rings. The van der Waals surface area contributed by atoms with Crippen LogP contribution in [0.15, 0.2) is 42.5 Å². The fourth-order valence-corrected chi connectivity index (χ4v) is 3.14. The molecule has 1 aromatic carbocycles. The lowest BCUT2D eigenvalue weighted by Crippen LogP contribution is -2.31. The van der Waals surface area contributed by atoms with Crippen molar-refractivity contribution in [3.63, 3.8) is 0 Å². The van der Waals surface area contributed by atoms with E-state index in [4.69, 9.17) is 16.3 Å². The molecule has 1 amide bonds. The van der Waals surface area contributed by atoms with E-state index < -0.39 is 11.9 Å². The van der Waals surface area contributed by atoms with Gasteiger partial charge in [-0.2, -0.15) is 0 Å². The van der Waals surface area contributed by atoms with Crippen LogP contribution in [0.1, 0.15) is 28.0 Å². The molecule has 8 heteroatoms. The summed E-state index contributed by atoms with van der Waals surface area (Å²) in [6.07, 6.45) is 2.85. The van der Waals surface area contributed by atoms with E-state index in [0.717, 1.165) is 36.2 Å². The zero-order chi connectivity index (χ0) is 20.6. The van der Waals surface area contributed by atoms with Gasteiger partial charge in [-0.05, 0) is 30.2 Å². The molecule has 2 N–H and O–H groups in total. The summed E-state index contributed by atoms with van der Waals surface area (Å²) in [5.41, 5.74) is 2.76. The number of benzene rings is 1. The number of hydrogen-bond donors (Lipinski definition) is 2. The molecule has 0 unspecified atom stereocenters. The zero-order valence-corrected chi connectivity index (χ0v) is 16.8. The number of aromatic nitrogens is 1. The van der Waals surface area contributed by atoms with Crippen LogP contribution in [0.25, 0.3) is 5.57 Å². The summed E-state index contributed by atoms with van der Waals surface area (Å²) >= 11 is 6.39. The van der Waals surface area contributed by atoms with Gasteiger partial charge in [0.25, 0.3) is 5.91 Å². The number of carbonyl (C=O) groups is 2. The summed E-state index contributed by atoms with van der Waals surface area (Å²) in [6, 6.07) is 11.3. The smallest absolute Gasteiger partial charge is 0.325 e. The quantitative estimate of drug-likeness (QED) is 0.533. The number of rotatable bonds is 7. The van der Waals surface area contributed by atoms with Gasteiger partial charge in [0.2, 0.25) is 0 Å². The molecule has 0 spiro atoms. The molecule has 0 saturated carbocycles. The van der Waals surface area contributed by atoms with Crippen molar-refractivity contribution in [2.45, 2.75) is 13.0 Å². The third-order valence-electron chi connectivity index (χ3n) is 4.42. The van der Waals surface area contributed by atoms with Crippen LogP contribution in [0.2, 0.25) is 5.15 Å². The molecule has 152 valence electrons.